The highest BCUT2D eigenvalue weighted by molar-refractivity contribution is 5.95. The minimum absolute atomic E-state index is 0.0963. The molecule has 1 aromatic heterocycles. The standard InChI is InChI=1S/C13H19N3O/c1-16(9-11-5-7-14-8-11)10-13(17)12-4-2-3-6-15-12/h2-4,6,11,14H,5,7-10H2,1H3. The Morgan fingerprint density at radius 2 is 2.47 bits per heavy atom. The van der Waals surface area contributed by atoms with Gasteiger partial charge in [-0.3, -0.25) is 14.7 Å². The molecule has 2 rings (SSSR count). The van der Waals surface area contributed by atoms with Gasteiger partial charge >= 0.3 is 0 Å². The third kappa shape index (κ3) is 3.61. The van der Waals surface area contributed by atoms with Crippen molar-refractivity contribution in [1.29, 1.82) is 0 Å². The number of carbonyl (C=O) groups excluding carboxylic acids is 1. The van der Waals surface area contributed by atoms with E-state index < -0.39 is 0 Å². The van der Waals surface area contributed by atoms with E-state index in [0.29, 0.717) is 18.2 Å². The lowest BCUT2D eigenvalue weighted by Gasteiger charge is -2.19. The van der Waals surface area contributed by atoms with Gasteiger partial charge in [0, 0.05) is 12.7 Å². The van der Waals surface area contributed by atoms with Crippen molar-refractivity contribution >= 4 is 5.78 Å². The first-order chi connectivity index (χ1) is 8.25. The molecule has 0 aliphatic carbocycles. The summed E-state index contributed by atoms with van der Waals surface area (Å²) >= 11 is 0. The van der Waals surface area contributed by atoms with E-state index in [2.05, 4.69) is 15.2 Å². The van der Waals surface area contributed by atoms with Crippen LogP contribution in [0.15, 0.2) is 24.4 Å². The second kappa shape index (κ2) is 5.89. The fraction of sp³-hybridized carbons (Fsp3) is 0.538. The molecule has 0 amide bonds. The predicted octanol–water partition coefficient (Wildman–Crippen LogP) is 0.806. The van der Waals surface area contributed by atoms with Crippen LogP contribution in [0.4, 0.5) is 0 Å². The Labute approximate surface area is 102 Å². The average Bonchev–Trinajstić information content (AvgIpc) is 2.82. The highest BCUT2D eigenvalue weighted by atomic mass is 16.1. The number of likely N-dealkylation sites (N-methyl/N-ethyl adjacent to an activating group) is 1. The second-order valence-electron chi connectivity index (χ2n) is 4.69. The van der Waals surface area contributed by atoms with Crippen molar-refractivity contribution in [2.24, 2.45) is 5.92 Å². The van der Waals surface area contributed by atoms with Gasteiger partial charge in [0.15, 0.2) is 5.78 Å². The third-order valence-electron chi connectivity index (χ3n) is 3.10. The van der Waals surface area contributed by atoms with Crippen LogP contribution in [0.3, 0.4) is 0 Å². The molecule has 0 saturated carbocycles. The molecule has 2 heterocycles. The van der Waals surface area contributed by atoms with Crippen molar-refractivity contribution in [2.45, 2.75) is 6.42 Å². The Hall–Kier alpha value is -1.26. The highest BCUT2D eigenvalue weighted by Gasteiger charge is 2.18. The first-order valence-corrected chi connectivity index (χ1v) is 6.09. The van der Waals surface area contributed by atoms with Gasteiger partial charge in [0.1, 0.15) is 5.69 Å². The van der Waals surface area contributed by atoms with Crippen molar-refractivity contribution < 1.29 is 4.79 Å². The van der Waals surface area contributed by atoms with Crippen LogP contribution >= 0.6 is 0 Å². The van der Waals surface area contributed by atoms with E-state index in [0.717, 1.165) is 19.6 Å². The predicted molar refractivity (Wildman–Crippen MR) is 67.0 cm³/mol. The van der Waals surface area contributed by atoms with Crippen LogP contribution < -0.4 is 5.32 Å². The molecular weight excluding hydrogens is 214 g/mol. The molecule has 1 aromatic rings. The van der Waals surface area contributed by atoms with Gasteiger partial charge in [-0.15, -0.1) is 0 Å². The van der Waals surface area contributed by atoms with Crippen LogP contribution in [-0.4, -0.2) is 48.9 Å². The molecule has 1 aliphatic heterocycles. The number of ketones is 1. The molecular formula is C13H19N3O. The largest absolute Gasteiger partial charge is 0.316 e. The lowest BCUT2D eigenvalue weighted by molar-refractivity contribution is 0.0934. The Bertz CT molecular complexity index is 360. The Kier molecular flexibility index (Phi) is 4.23. The van der Waals surface area contributed by atoms with Gasteiger partial charge in [0.05, 0.1) is 6.54 Å². The maximum absolute atomic E-state index is 11.9. The van der Waals surface area contributed by atoms with E-state index >= 15 is 0 Å². The van der Waals surface area contributed by atoms with Crippen molar-refractivity contribution in [1.82, 2.24) is 15.2 Å². The van der Waals surface area contributed by atoms with Crippen LogP contribution in [0.25, 0.3) is 0 Å². The summed E-state index contributed by atoms with van der Waals surface area (Å²) in [5, 5.41) is 3.34. The second-order valence-corrected chi connectivity index (χ2v) is 4.69. The molecule has 4 nitrogen and oxygen atoms in total. The third-order valence-corrected chi connectivity index (χ3v) is 3.10. The summed E-state index contributed by atoms with van der Waals surface area (Å²) in [6.07, 6.45) is 2.87. The van der Waals surface area contributed by atoms with Gasteiger partial charge in [-0.1, -0.05) is 6.07 Å². The monoisotopic (exact) mass is 233 g/mol. The van der Waals surface area contributed by atoms with Crippen LogP contribution in [-0.2, 0) is 0 Å². The van der Waals surface area contributed by atoms with E-state index in [1.165, 1.54) is 6.42 Å². The summed E-state index contributed by atoms with van der Waals surface area (Å²) in [5.41, 5.74) is 0.559. The van der Waals surface area contributed by atoms with Gasteiger partial charge in [0.2, 0.25) is 0 Å². The molecule has 92 valence electrons. The summed E-state index contributed by atoms with van der Waals surface area (Å²) in [6.45, 7) is 3.61. The van der Waals surface area contributed by atoms with Gasteiger partial charge < -0.3 is 5.32 Å². The number of rotatable bonds is 5. The van der Waals surface area contributed by atoms with Crippen molar-refractivity contribution in [2.75, 3.05) is 33.2 Å². The SMILES string of the molecule is CN(CC(=O)c1ccccn1)CC1CCNC1. The summed E-state index contributed by atoms with van der Waals surface area (Å²) in [4.78, 5) is 18.1. The quantitative estimate of drug-likeness (QED) is 0.764. The van der Waals surface area contributed by atoms with Crippen molar-refractivity contribution in [3.8, 4) is 0 Å². The molecule has 1 saturated heterocycles. The lowest BCUT2D eigenvalue weighted by Crippen LogP contribution is -2.32. The molecule has 1 N–H and O–H groups in total. The molecule has 1 aliphatic rings. The van der Waals surface area contributed by atoms with E-state index in [4.69, 9.17) is 0 Å². The van der Waals surface area contributed by atoms with Crippen molar-refractivity contribution in [3.63, 3.8) is 0 Å². The summed E-state index contributed by atoms with van der Waals surface area (Å²) in [7, 11) is 2.00. The molecule has 0 bridgehead atoms. The van der Waals surface area contributed by atoms with Gasteiger partial charge in [-0.05, 0) is 44.6 Å². The minimum atomic E-state index is 0.0963. The maximum atomic E-state index is 11.9. The van der Waals surface area contributed by atoms with Gasteiger partial charge in [-0.2, -0.15) is 0 Å². The number of nitrogens with one attached hydrogen (secondary N) is 1. The first kappa shape index (κ1) is 12.2. The number of pyridine rings is 1. The topological polar surface area (TPSA) is 45.2 Å². The number of carbonyl (C=O) groups is 1. The van der Waals surface area contributed by atoms with Gasteiger partial charge in [0.25, 0.3) is 0 Å². The number of hydrogen-bond acceptors (Lipinski definition) is 4. The number of aromatic nitrogens is 1. The Balaban J connectivity index is 1.81. The van der Waals surface area contributed by atoms with Crippen LogP contribution in [0.1, 0.15) is 16.9 Å². The molecule has 0 aromatic carbocycles. The van der Waals surface area contributed by atoms with Crippen LogP contribution in [0.2, 0.25) is 0 Å². The van der Waals surface area contributed by atoms with E-state index in [1.807, 2.05) is 19.2 Å². The molecule has 1 unspecified atom stereocenters. The summed E-state index contributed by atoms with van der Waals surface area (Å²) in [5.74, 6) is 0.774. The highest BCUT2D eigenvalue weighted by Crippen LogP contribution is 2.09. The zero-order valence-electron chi connectivity index (χ0n) is 10.2. The van der Waals surface area contributed by atoms with E-state index in [-0.39, 0.29) is 5.78 Å². The smallest absolute Gasteiger partial charge is 0.195 e. The molecule has 1 atom stereocenters. The number of Topliss-reactive ketones (excluding diaryl/α,β-unsaturated/α-hetero) is 1. The maximum Gasteiger partial charge on any atom is 0.195 e. The first-order valence-electron chi connectivity index (χ1n) is 6.09. The summed E-state index contributed by atoms with van der Waals surface area (Å²) < 4.78 is 0. The number of nitrogens with zero attached hydrogens (tertiary/aromatic N) is 2. The molecule has 1 fully saturated rings. The van der Waals surface area contributed by atoms with Crippen LogP contribution in [0, 0.1) is 5.92 Å². The number of hydrogen-bond donors (Lipinski definition) is 1. The van der Waals surface area contributed by atoms with E-state index in [9.17, 15) is 4.79 Å². The molecule has 17 heavy (non-hydrogen) atoms. The Morgan fingerprint density at radius 3 is 3.12 bits per heavy atom. The minimum Gasteiger partial charge on any atom is -0.316 e. The van der Waals surface area contributed by atoms with Gasteiger partial charge in [-0.25, -0.2) is 0 Å². The molecule has 0 spiro atoms. The molecule has 4 heteroatoms. The average molecular weight is 233 g/mol. The van der Waals surface area contributed by atoms with Crippen LogP contribution in [0.5, 0.6) is 0 Å². The molecule has 0 radical (unpaired) electrons. The zero-order valence-corrected chi connectivity index (χ0v) is 10.2. The zero-order chi connectivity index (χ0) is 12.1. The normalized spacial score (nSPS) is 19.8. The Morgan fingerprint density at radius 1 is 1.59 bits per heavy atom. The van der Waals surface area contributed by atoms with E-state index in [1.54, 1.807) is 12.3 Å². The lowest BCUT2D eigenvalue weighted by atomic mass is 10.1. The fourth-order valence-corrected chi connectivity index (χ4v) is 2.23. The van der Waals surface area contributed by atoms with Crippen molar-refractivity contribution in [3.05, 3.63) is 30.1 Å². The summed E-state index contributed by atoms with van der Waals surface area (Å²) in [6, 6.07) is 5.44. The fourth-order valence-electron chi connectivity index (χ4n) is 2.23.